The minimum absolute atomic E-state index is 0.0185. The summed E-state index contributed by atoms with van der Waals surface area (Å²) < 4.78 is 18.7. The lowest BCUT2D eigenvalue weighted by molar-refractivity contribution is -0.123. The Kier molecular flexibility index (Phi) is 6.72. The van der Waals surface area contributed by atoms with Crippen LogP contribution in [0.2, 0.25) is 0 Å². The largest absolute Gasteiger partial charge is 0.481 e. The normalized spacial score (nSPS) is 10.9. The van der Waals surface area contributed by atoms with Crippen molar-refractivity contribution in [1.82, 2.24) is 20.3 Å². The first-order valence-electron chi connectivity index (χ1n) is 10.3. The number of halogens is 1. The van der Waals surface area contributed by atoms with Gasteiger partial charge in [0, 0.05) is 13.2 Å². The summed E-state index contributed by atoms with van der Waals surface area (Å²) in [5.41, 5.74) is 3.91. The number of hydrogen-bond donors (Lipinski definition) is 2. The van der Waals surface area contributed by atoms with Crippen LogP contribution in [0, 0.1) is 5.82 Å². The first-order valence-corrected chi connectivity index (χ1v) is 10.3. The number of aliphatic hydroxyl groups excluding tert-OH is 1. The van der Waals surface area contributed by atoms with Crippen LogP contribution in [0.4, 0.5) is 4.39 Å². The summed E-state index contributed by atoms with van der Waals surface area (Å²) in [5.74, 6) is -0.0941. The van der Waals surface area contributed by atoms with Crippen molar-refractivity contribution < 1.29 is 19.0 Å². The van der Waals surface area contributed by atoms with Crippen LogP contribution in [-0.4, -0.2) is 45.8 Å². The third kappa shape index (κ3) is 5.28. The van der Waals surface area contributed by atoms with Crippen molar-refractivity contribution in [2.75, 3.05) is 19.8 Å². The summed E-state index contributed by atoms with van der Waals surface area (Å²) in [6.07, 6.45) is 1.08. The number of aromatic nitrogens is 3. The lowest BCUT2D eigenvalue weighted by Gasteiger charge is -2.12. The van der Waals surface area contributed by atoms with Crippen LogP contribution in [0.3, 0.4) is 0 Å². The molecule has 0 aliphatic carbocycles. The van der Waals surface area contributed by atoms with Crippen molar-refractivity contribution in [2.45, 2.75) is 12.8 Å². The van der Waals surface area contributed by atoms with E-state index in [1.165, 1.54) is 16.9 Å². The summed E-state index contributed by atoms with van der Waals surface area (Å²) in [7, 11) is 0. The van der Waals surface area contributed by atoms with Gasteiger partial charge >= 0.3 is 0 Å². The summed E-state index contributed by atoms with van der Waals surface area (Å²) in [6.45, 7) is 0.267. The van der Waals surface area contributed by atoms with E-state index < -0.39 is 0 Å². The maximum absolute atomic E-state index is 13.0. The van der Waals surface area contributed by atoms with Gasteiger partial charge in [0.1, 0.15) is 28.3 Å². The van der Waals surface area contributed by atoms with Gasteiger partial charge in [0.15, 0.2) is 6.61 Å². The molecule has 0 fully saturated rings. The Bertz CT molecular complexity index is 1170. The third-order valence-corrected chi connectivity index (χ3v) is 4.93. The molecule has 8 heteroatoms. The van der Waals surface area contributed by atoms with Crippen LogP contribution in [0.15, 0.2) is 66.7 Å². The van der Waals surface area contributed by atoms with Crippen molar-refractivity contribution in [3.8, 4) is 11.4 Å². The summed E-state index contributed by atoms with van der Waals surface area (Å²) >= 11 is 0. The highest BCUT2D eigenvalue weighted by Gasteiger charge is 2.13. The Balaban J connectivity index is 1.43. The highest BCUT2D eigenvalue weighted by Crippen LogP contribution is 2.25. The molecule has 4 aromatic rings. The molecule has 7 nitrogen and oxygen atoms in total. The topological polar surface area (TPSA) is 89.3 Å². The zero-order valence-corrected chi connectivity index (χ0v) is 17.4. The number of aliphatic hydroxyl groups is 1. The molecule has 0 bridgehead atoms. The fourth-order valence-corrected chi connectivity index (χ4v) is 3.29. The summed E-state index contributed by atoms with van der Waals surface area (Å²) in [4.78, 5) is 13.7. The van der Waals surface area contributed by atoms with Gasteiger partial charge in [0.25, 0.3) is 5.91 Å². The number of ether oxygens (including phenoxy) is 1. The van der Waals surface area contributed by atoms with Crippen LogP contribution in [0.1, 0.15) is 11.1 Å². The Morgan fingerprint density at radius 1 is 0.969 bits per heavy atom. The smallest absolute Gasteiger partial charge is 0.257 e. The van der Waals surface area contributed by atoms with Gasteiger partial charge in [-0.25, -0.2) is 4.39 Å². The van der Waals surface area contributed by atoms with E-state index in [1.54, 1.807) is 18.2 Å². The first kappa shape index (κ1) is 21.5. The quantitative estimate of drug-likeness (QED) is 0.423. The molecule has 4 rings (SSSR count). The van der Waals surface area contributed by atoms with Crippen LogP contribution < -0.4 is 10.1 Å². The fourth-order valence-electron chi connectivity index (χ4n) is 3.29. The number of rotatable bonds is 9. The average molecular weight is 434 g/mol. The number of benzene rings is 3. The molecule has 3 aromatic carbocycles. The lowest BCUT2D eigenvalue weighted by Crippen LogP contribution is -2.30. The van der Waals surface area contributed by atoms with Crippen LogP contribution in [-0.2, 0) is 17.6 Å². The Hall–Kier alpha value is -3.78. The summed E-state index contributed by atoms with van der Waals surface area (Å²) in [5, 5.41) is 21.1. The number of nitrogens with zero attached hydrogens (tertiary/aromatic N) is 3. The van der Waals surface area contributed by atoms with E-state index in [-0.39, 0.29) is 24.9 Å². The fraction of sp³-hybridized carbons (Fsp3) is 0.208. The molecule has 0 radical (unpaired) electrons. The number of carbonyl (C=O) groups is 1. The predicted molar refractivity (Wildman–Crippen MR) is 118 cm³/mol. The van der Waals surface area contributed by atoms with Crippen molar-refractivity contribution in [3.63, 3.8) is 0 Å². The zero-order valence-electron chi connectivity index (χ0n) is 17.4. The van der Waals surface area contributed by atoms with E-state index in [2.05, 4.69) is 15.5 Å². The van der Waals surface area contributed by atoms with Gasteiger partial charge in [-0.15, -0.1) is 15.0 Å². The molecule has 32 heavy (non-hydrogen) atoms. The molecule has 1 aromatic heterocycles. The number of carbonyl (C=O) groups excluding carboxylic acids is 1. The van der Waals surface area contributed by atoms with E-state index in [1.807, 2.05) is 36.4 Å². The van der Waals surface area contributed by atoms with Crippen molar-refractivity contribution in [1.29, 1.82) is 0 Å². The van der Waals surface area contributed by atoms with E-state index in [4.69, 9.17) is 4.74 Å². The first-order chi connectivity index (χ1) is 15.6. The average Bonchev–Trinajstić information content (AvgIpc) is 3.24. The molecule has 1 amide bonds. The van der Waals surface area contributed by atoms with Crippen molar-refractivity contribution >= 4 is 16.9 Å². The van der Waals surface area contributed by atoms with Crippen LogP contribution in [0.5, 0.6) is 5.75 Å². The zero-order chi connectivity index (χ0) is 22.3. The SMILES string of the molecule is O=C(COc1ccc(CCO)cc1-n1nc2ccccc2n1)NCCc1ccc(F)cc1. The maximum Gasteiger partial charge on any atom is 0.257 e. The lowest BCUT2D eigenvalue weighted by atomic mass is 10.1. The number of hydrogen-bond acceptors (Lipinski definition) is 5. The molecule has 0 spiro atoms. The van der Waals surface area contributed by atoms with Gasteiger partial charge in [-0.2, -0.15) is 0 Å². The number of fused-ring (bicyclic) bond motifs is 1. The maximum atomic E-state index is 13.0. The standard InChI is InChI=1S/C24H23FN4O3/c25-19-8-5-17(6-9-19)11-13-26-24(31)16-32-23-10-7-18(12-14-30)15-22(23)29-27-20-3-1-2-4-21(20)28-29/h1-10,15,30H,11-14,16H2,(H,26,31). The third-order valence-electron chi connectivity index (χ3n) is 4.93. The minimum atomic E-state index is -0.286. The van der Waals surface area contributed by atoms with Crippen molar-refractivity contribution in [2.24, 2.45) is 0 Å². The highest BCUT2D eigenvalue weighted by atomic mass is 19.1. The predicted octanol–water partition coefficient (Wildman–Crippen LogP) is 2.83. The molecule has 1 heterocycles. The van der Waals surface area contributed by atoms with E-state index in [9.17, 15) is 14.3 Å². The molecule has 0 aliphatic rings. The molecule has 0 saturated heterocycles. The molecule has 2 N–H and O–H groups in total. The van der Waals surface area contributed by atoms with Crippen LogP contribution in [0.25, 0.3) is 16.7 Å². The molecule has 0 aliphatic heterocycles. The number of amides is 1. The second-order valence-corrected chi connectivity index (χ2v) is 7.27. The Morgan fingerprint density at radius 2 is 1.66 bits per heavy atom. The number of nitrogens with one attached hydrogen (secondary N) is 1. The Morgan fingerprint density at radius 3 is 2.34 bits per heavy atom. The van der Waals surface area contributed by atoms with Gasteiger partial charge in [0.2, 0.25) is 0 Å². The van der Waals surface area contributed by atoms with Gasteiger partial charge in [-0.1, -0.05) is 30.3 Å². The van der Waals surface area contributed by atoms with E-state index in [0.717, 1.165) is 22.2 Å². The molecular weight excluding hydrogens is 411 g/mol. The second kappa shape index (κ2) is 10.0. The second-order valence-electron chi connectivity index (χ2n) is 7.27. The highest BCUT2D eigenvalue weighted by molar-refractivity contribution is 5.77. The molecule has 0 saturated carbocycles. The molecular formula is C24H23FN4O3. The van der Waals surface area contributed by atoms with Gasteiger partial charge in [0.05, 0.1) is 0 Å². The van der Waals surface area contributed by atoms with Gasteiger partial charge < -0.3 is 15.2 Å². The molecule has 0 atom stereocenters. The van der Waals surface area contributed by atoms with Gasteiger partial charge in [-0.3, -0.25) is 4.79 Å². The van der Waals surface area contributed by atoms with E-state index in [0.29, 0.717) is 30.8 Å². The summed E-state index contributed by atoms with van der Waals surface area (Å²) in [6, 6.07) is 19.1. The molecule has 0 unspecified atom stereocenters. The minimum Gasteiger partial charge on any atom is -0.481 e. The molecule has 164 valence electrons. The Labute approximate surface area is 184 Å². The van der Waals surface area contributed by atoms with Gasteiger partial charge in [-0.05, 0) is 60.4 Å². The monoisotopic (exact) mass is 434 g/mol. The van der Waals surface area contributed by atoms with E-state index >= 15 is 0 Å². The van der Waals surface area contributed by atoms with Crippen LogP contribution >= 0.6 is 0 Å². The van der Waals surface area contributed by atoms with Crippen molar-refractivity contribution in [3.05, 3.63) is 83.7 Å².